The fraction of sp³-hybridized carbons (Fsp3) is 0.706. The summed E-state index contributed by atoms with van der Waals surface area (Å²) in [6.45, 7) is 11.4. The Kier molecular flexibility index (Phi) is 4.69. The zero-order valence-electron chi connectivity index (χ0n) is 13.4. The molecule has 0 aliphatic carbocycles. The molecule has 0 radical (unpaired) electrons. The zero-order chi connectivity index (χ0) is 14.8. The van der Waals surface area contributed by atoms with E-state index in [1.165, 1.54) is 18.4 Å². The van der Waals surface area contributed by atoms with Crippen molar-refractivity contribution in [1.29, 1.82) is 0 Å². The van der Waals surface area contributed by atoms with Gasteiger partial charge in [0, 0.05) is 25.3 Å². The van der Waals surface area contributed by atoms with E-state index in [0.29, 0.717) is 5.41 Å². The molecule has 0 aromatic carbocycles. The molecule has 0 amide bonds. The van der Waals surface area contributed by atoms with E-state index in [-0.39, 0.29) is 6.04 Å². The smallest absolute Gasteiger partial charge is 0.131 e. The van der Waals surface area contributed by atoms with Crippen LogP contribution in [0.1, 0.15) is 46.1 Å². The van der Waals surface area contributed by atoms with Gasteiger partial charge in [0.05, 0.1) is 0 Å². The van der Waals surface area contributed by atoms with Crippen molar-refractivity contribution in [3.63, 3.8) is 0 Å². The predicted molar refractivity (Wildman–Crippen MR) is 86.0 cm³/mol. The maximum atomic E-state index is 5.96. The fourth-order valence-corrected chi connectivity index (χ4v) is 3.18. The average molecular weight is 275 g/mol. The highest BCUT2D eigenvalue weighted by Gasteiger charge is 2.29. The third-order valence-corrected chi connectivity index (χ3v) is 4.43. The standard InChI is InChI=1S/C17H29N3/c1-13(18)12-14-6-5-9-19-16(14)20-10-7-15(8-11-20)17(2,3)4/h5-6,9,13,15H,7-8,10-12,18H2,1-4H3. The average Bonchev–Trinajstić information content (AvgIpc) is 2.38. The highest BCUT2D eigenvalue weighted by atomic mass is 15.2. The number of nitrogens with zero attached hydrogens (tertiary/aromatic N) is 2. The summed E-state index contributed by atoms with van der Waals surface area (Å²) in [5.74, 6) is 1.97. The van der Waals surface area contributed by atoms with Crippen LogP contribution in [0.15, 0.2) is 18.3 Å². The molecule has 2 N–H and O–H groups in total. The van der Waals surface area contributed by atoms with Gasteiger partial charge in [-0.3, -0.25) is 0 Å². The van der Waals surface area contributed by atoms with Crippen LogP contribution in [0.25, 0.3) is 0 Å². The number of hydrogen-bond acceptors (Lipinski definition) is 3. The molecule has 3 nitrogen and oxygen atoms in total. The first-order valence-electron chi connectivity index (χ1n) is 7.82. The van der Waals surface area contributed by atoms with E-state index < -0.39 is 0 Å². The zero-order valence-corrected chi connectivity index (χ0v) is 13.4. The van der Waals surface area contributed by atoms with Crippen LogP contribution in [-0.2, 0) is 6.42 Å². The topological polar surface area (TPSA) is 42.1 Å². The first-order chi connectivity index (χ1) is 9.38. The Hall–Kier alpha value is -1.09. The van der Waals surface area contributed by atoms with Gasteiger partial charge in [-0.25, -0.2) is 4.98 Å². The third-order valence-electron chi connectivity index (χ3n) is 4.43. The predicted octanol–water partition coefficient (Wildman–Crippen LogP) is 3.23. The first kappa shape index (κ1) is 15.3. The summed E-state index contributed by atoms with van der Waals surface area (Å²) in [5, 5.41) is 0. The molecule has 1 aliphatic heterocycles. The van der Waals surface area contributed by atoms with Gasteiger partial charge in [0.2, 0.25) is 0 Å². The van der Waals surface area contributed by atoms with E-state index in [1.807, 2.05) is 12.3 Å². The molecule has 2 rings (SSSR count). The molecular formula is C17H29N3. The number of piperidine rings is 1. The lowest BCUT2D eigenvalue weighted by atomic mass is 9.75. The monoisotopic (exact) mass is 275 g/mol. The van der Waals surface area contributed by atoms with Crippen molar-refractivity contribution in [3.05, 3.63) is 23.9 Å². The summed E-state index contributed by atoms with van der Waals surface area (Å²) in [6, 6.07) is 4.37. The Bertz CT molecular complexity index is 426. The van der Waals surface area contributed by atoms with Crippen molar-refractivity contribution in [2.45, 2.75) is 53.0 Å². The van der Waals surface area contributed by atoms with E-state index in [0.717, 1.165) is 31.2 Å². The molecule has 3 heteroatoms. The molecule has 2 heterocycles. The van der Waals surface area contributed by atoms with E-state index in [9.17, 15) is 0 Å². The minimum atomic E-state index is 0.185. The molecule has 20 heavy (non-hydrogen) atoms. The number of anilines is 1. The van der Waals surface area contributed by atoms with Gasteiger partial charge in [-0.05, 0) is 49.1 Å². The largest absolute Gasteiger partial charge is 0.356 e. The van der Waals surface area contributed by atoms with Crippen molar-refractivity contribution in [3.8, 4) is 0 Å². The lowest BCUT2D eigenvalue weighted by Crippen LogP contribution is -2.39. The number of pyridine rings is 1. The second kappa shape index (κ2) is 6.13. The van der Waals surface area contributed by atoms with Gasteiger partial charge < -0.3 is 10.6 Å². The Labute approximate surface area is 123 Å². The van der Waals surface area contributed by atoms with Crippen LogP contribution in [0.4, 0.5) is 5.82 Å². The molecule has 1 aromatic rings. The van der Waals surface area contributed by atoms with Gasteiger partial charge in [0.25, 0.3) is 0 Å². The van der Waals surface area contributed by atoms with Crippen LogP contribution >= 0.6 is 0 Å². The minimum absolute atomic E-state index is 0.185. The lowest BCUT2D eigenvalue weighted by Gasteiger charge is -2.39. The Balaban J connectivity index is 2.07. The highest BCUT2D eigenvalue weighted by Crippen LogP contribution is 2.35. The lowest BCUT2D eigenvalue weighted by molar-refractivity contribution is 0.198. The van der Waals surface area contributed by atoms with Crippen LogP contribution in [0, 0.1) is 11.3 Å². The molecule has 1 fully saturated rings. The van der Waals surface area contributed by atoms with Crippen LogP contribution in [0.3, 0.4) is 0 Å². The molecule has 1 atom stereocenters. The number of aromatic nitrogens is 1. The van der Waals surface area contributed by atoms with Gasteiger partial charge in [0.15, 0.2) is 0 Å². The van der Waals surface area contributed by atoms with Crippen LogP contribution in [0.5, 0.6) is 0 Å². The number of rotatable bonds is 3. The van der Waals surface area contributed by atoms with E-state index in [1.54, 1.807) is 0 Å². The second-order valence-electron chi connectivity index (χ2n) is 7.29. The van der Waals surface area contributed by atoms with Gasteiger partial charge in [-0.15, -0.1) is 0 Å². The van der Waals surface area contributed by atoms with E-state index >= 15 is 0 Å². The Morgan fingerprint density at radius 1 is 1.35 bits per heavy atom. The fourth-order valence-electron chi connectivity index (χ4n) is 3.18. The maximum Gasteiger partial charge on any atom is 0.131 e. The molecule has 1 aromatic heterocycles. The Morgan fingerprint density at radius 2 is 2.00 bits per heavy atom. The maximum absolute atomic E-state index is 5.96. The van der Waals surface area contributed by atoms with Crippen molar-refractivity contribution in [1.82, 2.24) is 4.98 Å². The molecule has 1 unspecified atom stereocenters. The summed E-state index contributed by atoms with van der Waals surface area (Å²) in [5.41, 5.74) is 7.67. The van der Waals surface area contributed by atoms with Crippen molar-refractivity contribution in [2.75, 3.05) is 18.0 Å². The molecule has 112 valence electrons. The molecule has 0 bridgehead atoms. The third kappa shape index (κ3) is 3.72. The second-order valence-corrected chi connectivity index (χ2v) is 7.29. The SMILES string of the molecule is CC(N)Cc1cccnc1N1CCC(C(C)(C)C)CC1. The summed E-state index contributed by atoms with van der Waals surface area (Å²) in [6.07, 6.45) is 5.33. The van der Waals surface area contributed by atoms with Crippen molar-refractivity contribution in [2.24, 2.45) is 17.1 Å². The van der Waals surface area contributed by atoms with Crippen molar-refractivity contribution >= 4 is 5.82 Å². The highest BCUT2D eigenvalue weighted by molar-refractivity contribution is 5.47. The first-order valence-corrected chi connectivity index (χ1v) is 7.82. The summed E-state index contributed by atoms with van der Waals surface area (Å²) in [7, 11) is 0. The van der Waals surface area contributed by atoms with Gasteiger partial charge in [0.1, 0.15) is 5.82 Å². The summed E-state index contributed by atoms with van der Waals surface area (Å²) >= 11 is 0. The van der Waals surface area contributed by atoms with E-state index in [2.05, 4.69) is 43.6 Å². The Morgan fingerprint density at radius 3 is 2.55 bits per heavy atom. The number of nitrogens with two attached hydrogens (primary N) is 1. The van der Waals surface area contributed by atoms with Crippen molar-refractivity contribution < 1.29 is 0 Å². The van der Waals surface area contributed by atoms with Gasteiger partial charge in [-0.2, -0.15) is 0 Å². The van der Waals surface area contributed by atoms with Crippen LogP contribution < -0.4 is 10.6 Å². The minimum Gasteiger partial charge on any atom is -0.356 e. The number of hydrogen-bond donors (Lipinski definition) is 1. The molecule has 0 saturated carbocycles. The summed E-state index contributed by atoms with van der Waals surface area (Å²) in [4.78, 5) is 7.06. The van der Waals surface area contributed by atoms with Gasteiger partial charge in [-0.1, -0.05) is 26.8 Å². The van der Waals surface area contributed by atoms with E-state index in [4.69, 9.17) is 5.73 Å². The molecule has 1 saturated heterocycles. The quantitative estimate of drug-likeness (QED) is 0.921. The molecule has 1 aliphatic rings. The van der Waals surface area contributed by atoms with Gasteiger partial charge >= 0.3 is 0 Å². The normalized spacial score (nSPS) is 19.1. The summed E-state index contributed by atoms with van der Waals surface area (Å²) < 4.78 is 0. The molecule has 0 spiro atoms. The van der Waals surface area contributed by atoms with Crippen LogP contribution in [0.2, 0.25) is 0 Å². The van der Waals surface area contributed by atoms with Crippen LogP contribution in [-0.4, -0.2) is 24.1 Å². The molecular weight excluding hydrogens is 246 g/mol.